The third-order valence-electron chi connectivity index (χ3n) is 3.38. The molecule has 0 bridgehead atoms. The molecular weight excluding hydrogens is 322 g/mol. The van der Waals surface area contributed by atoms with Crippen molar-refractivity contribution in [2.24, 2.45) is 0 Å². The summed E-state index contributed by atoms with van der Waals surface area (Å²) in [7, 11) is 0.444. The molecule has 1 aromatic rings. The van der Waals surface area contributed by atoms with Crippen molar-refractivity contribution in [2.45, 2.75) is 6.61 Å². The lowest BCUT2D eigenvalue weighted by Crippen LogP contribution is -2.29. The monoisotopic (exact) mass is 342 g/mol. The smallest absolute Gasteiger partial charge is 0.460 e. The van der Waals surface area contributed by atoms with E-state index in [1.165, 1.54) is 12.1 Å². The molecular formula is C15H20BFO7. The highest BCUT2D eigenvalue weighted by Gasteiger charge is 2.30. The van der Waals surface area contributed by atoms with Gasteiger partial charge in [0, 0.05) is 7.11 Å². The number of esters is 1. The zero-order valence-electron chi connectivity index (χ0n) is 13.5. The van der Waals surface area contributed by atoms with Gasteiger partial charge in [-0.2, -0.15) is 0 Å². The Bertz CT molecular complexity index is 555. The Morgan fingerprint density at radius 3 is 2.58 bits per heavy atom. The van der Waals surface area contributed by atoms with Crippen LogP contribution in [0, 0.1) is 5.82 Å². The number of hydrogen-bond acceptors (Lipinski definition) is 7. The van der Waals surface area contributed by atoms with Crippen LogP contribution in [-0.4, -0.2) is 64.9 Å². The van der Waals surface area contributed by atoms with Crippen molar-refractivity contribution < 1.29 is 37.8 Å². The molecule has 0 aliphatic carbocycles. The van der Waals surface area contributed by atoms with Crippen LogP contribution < -0.4 is 5.46 Å². The number of hydrogen-bond donors (Lipinski definition) is 1. The molecule has 1 N–H and O–H groups in total. The van der Waals surface area contributed by atoms with Crippen LogP contribution in [0.15, 0.2) is 12.1 Å². The van der Waals surface area contributed by atoms with Gasteiger partial charge in [-0.25, -0.2) is 9.18 Å². The maximum absolute atomic E-state index is 13.9. The average molecular weight is 342 g/mol. The van der Waals surface area contributed by atoms with Crippen LogP contribution >= 0.6 is 0 Å². The van der Waals surface area contributed by atoms with Crippen molar-refractivity contribution >= 4 is 18.6 Å². The zero-order valence-corrected chi connectivity index (χ0v) is 13.5. The Hall–Kier alpha value is -1.52. The van der Waals surface area contributed by atoms with Crippen molar-refractivity contribution in [3.8, 4) is 0 Å². The molecule has 0 aromatic heterocycles. The minimum Gasteiger partial charge on any atom is -0.460 e. The lowest BCUT2D eigenvalue weighted by Gasteiger charge is -2.08. The number of ether oxygens (including phenoxy) is 4. The Balaban J connectivity index is 1.69. The second-order valence-electron chi connectivity index (χ2n) is 5.05. The fourth-order valence-electron chi connectivity index (χ4n) is 2.14. The predicted octanol–water partition coefficient (Wildman–Crippen LogP) is -0.120. The molecule has 0 atom stereocenters. The fraction of sp³-hybridized carbons (Fsp3) is 0.533. The van der Waals surface area contributed by atoms with Gasteiger partial charge in [-0.15, -0.1) is 0 Å². The van der Waals surface area contributed by atoms with E-state index in [1.807, 2.05) is 0 Å². The van der Waals surface area contributed by atoms with Crippen LogP contribution in [0.4, 0.5) is 4.39 Å². The molecule has 0 radical (unpaired) electrons. The summed E-state index contributed by atoms with van der Waals surface area (Å²) in [5.74, 6) is -1.52. The van der Waals surface area contributed by atoms with Crippen molar-refractivity contribution in [2.75, 3.05) is 46.8 Å². The lowest BCUT2D eigenvalue weighted by molar-refractivity contribution is 0.00555. The van der Waals surface area contributed by atoms with E-state index in [4.69, 9.17) is 23.6 Å². The Labute approximate surface area is 139 Å². The van der Waals surface area contributed by atoms with Crippen LogP contribution in [0.5, 0.6) is 0 Å². The summed E-state index contributed by atoms with van der Waals surface area (Å²) in [6.07, 6.45) is 0. The van der Waals surface area contributed by atoms with E-state index in [0.29, 0.717) is 37.5 Å². The molecule has 0 saturated carbocycles. The predicted molar refractivity (Wildman–Crippen MR) is 82.6 cm³/mol. The van der Waals surface area contributed by atoms with Gasteiger partial charge < -0.3 is 28.6 Å². The standard InChI is InChI=1S/C15H20BFO7/c1-20-2-3-21-4-5-22-6-7-23-15(18)12-9-13-11(8-14(12)17)10-24-16(13)19/h8-9,19H,2-7,10H2,1H3. The normalized spacial score (nSPS) is 13.2. The molecule has 1 aromatic carbocycles. The molecule has 1 heterocycles. The van der Waals surface area contributed by atoms with Gasteiger partial charge in [0.2, 0.25) is 0 Å². The van der Waals surface area contributed by atoms with Gasteiger partial charge in [0.15, 0.2) is 0 Å². The zero-order chi connectivity index (χ0) is 17.4. The third kappa shape index (κ3) is 5.25. The van der Waals surface area contributed by atoms with Gasteiger partial charge >= 0.3 is 13.1 Å². The molecule has 9 heteroatoms. The van der Waals surface area contributed by atoms with Crippen LogP contribution in [0.25, 0.3) is 0 Å². The van der Waals surface area contributed by atoms with Gasteiger partial charge in [-0.3, -0.25) is 0 Å². The minimum absolute atomic E-state index is 0.00746. The van der Waals surface area contributed by atoms with Crippen LogP contribution in [0.3, 0.4) is 0 Å². The highest BCUT2D eigenvalue weighted by Crippen LogP contribution is 2.16. The number of halogens is 1. The van der Waals surface area contributed by atoms with E-state index >= 15 is 0 Å². The van der Waals surface area contributed by atoms with Crippen LogP contribution in [-0.2, 0) is 30.2 Å². The van der Waals surface area contributed by atoms with Crippen LogP contribution in [0.2, 0.25) is 0 Å². The summed E-state index contributed by atoms with van der Waals surface area (Å²) in [5.41, 5.74) is 0.669. The lowest BCUT2D eigenvalue weighted by atomic mass is 9.78. The number of methoxy groups -OCH3 is 1. The first-order chi connectivity index (χ1) is 11.6. The van der Waals surface area contributed by atoms with E-state index < -0.39 is 18.9 Å². The fourth-order valence-corrected chi connectivity index (χ4v) is 2.14. The van der Waals surface area contributed by atoms with Gasteiger partial charge in [0.25, 0.3) is 0 Å². The number of benzene rings is 1. The van der Waals surface area contributed by atoms with Gasteiger partial charge in [-0.05, 0) is 23.2 Å². The molecule has 2 rings (SSSR count). The highest BCUT2D eigenvalue weighted by molar-refractivity contribution is 6.61. The SMILES string of the molecule is COCCOCCOCCOC(=O)c1cc2c(cc1F)COB2O. The van der Waals surface area contributed by atoms with E-state index in [2.05, 4.69) is 0 Å². The summed E-state index contributed by atoms with van der Waals surface area (Å²) in [5, 5.41) is 9.59. The summed E-state index contributed by atoms with van der Waals surface area (Å²) >= 11 is 0. The quantitative estimate of drug-likeness (QED) is 0.361. The molecule has 0 saturated heterocycles. The topological polar surface area (TPSA) is 83.5 Å². The summed E-state index contributed by atoms with van der Waals surface area (Å²) in [6, 6.07) is 2.44. The Morgan fingerprint density at radius 2 is 1.88 bits per heavy atom. The van der Waals surface area contributed by atoms with E-state index in [9.17, 15) is 14.2 Å². The molecule has 0 spiro atoms. The Kier molecular flexibility index (Phi) is 7.61. The van der Waals surface area contributed by atoms with Crippen molar-refractivity contribution in [3.05, 3.63) is 29.1 Å². The Morgan fingerprint density at radius 1 is 1.21 bits per heavy atom. The van der Waals surface area contributed by atoms with Crippen molar-refractivity contribution in [1.29, 1.82) is 0 Å². The number of rotatable bonds is 10. The summed E-state index contributed by atoms with van der Waals surface area (Å²) in [6.45, 7) is 2.06. The highest BCUT2D eigenvalue weighted by atomic mass is 19.1. The van der Waals surface area contributed by atoms with Gasteiger partial charge in [-0.1, -0.05) is 0 Å². The molecule has 0 amide bonds. The first-order valence-electron chi connectivity index (χ1n) is 7.57. The first-order valence-corrected chi connectivity index (χ1v) is 7.57. The molecule has 132 valence electrons. The van der Waals surface area contributed by atoms with Crippen molar-refractivity contribution in [3.63, 3.8) is 0 Å². The third-order valence-corrected chi connectivity index (χ3v) is 3.38. The van der Waals surface area contributed by atoms with Crippen molar-refractivity contribution in [1.82, 2.24) is 0 Å². The summed E-state index contributed by atoms with van der Waals surface area (Å²) < 4.78 is 39.1. The average Bonchev–Trinajstić information content (AvgIpc) is 2.92. The first kappa shape index (κ1) is 18.8. The van der Waals surface area contributed by atoms with E-state index in [-0.39, 0.29) is 25.4 Å². The van der Waals surface area contributed by atoms with E-state index in [1.54, 1.807) is 7.11 Å². The molecule has 7 nitrogen and oxygen atoms in total. The largest absolute Gasteiger partial charge is 0.491 e. The maximum atomic E-state index is 13.9. The second kappa shape index (κ2) is 9.70. The number of fused-ring (bicyclic) bond motifs is 1. The molecule has 1 aliphatic heterocycles. The van der Waals surface area contributed by atoms with Gasteiger partial charge in [0.1, 0.15) is 12.4 Å². The molecule has 24 heavy (non-hydrogen) atoms. The van der Waals surface area contributed by atoms with E-state index in [0.717, 1.165) is 0 Å². The van der Waals surface area contributed by atoms with Gasteiger partial charge in [0.05, 0.1) is 45.2 Å². The molecule has 0 fully saturated rings. The van der Waals surface area contributed by atoms with Crippen LogP contribution in [0.1, 0.15) is 15.9 Å². The number of carbonyl (C=O) groups excluding carboxylic acids is 1. The molecule has 1 aliphatic rings. The molecule has 0 unspecified atom stereocenters. The minimum atomic E-state index is -1.14. The number of carbonyl (C=O) groups is 1. The second-order valence-corrected chi connectivity index (χ2v) is 5.05. The summed E-state index contributed by atoms with van der Waals surface area (Å²) in [4.78, 5) is 11.9. The maximum Gasteiger partial charge on any atom is 0.491 e.